The fourth-order valence-electron chi connectivity index (χ4n) is 2.53. The molecular weight excluding hydrogens is 382 g/mol. The van der Waals surface area contributed by atoms with Gasteiger partial charge in [-0.3, -0.25) is 0 Å². The number of benzene rings is 1. The minimum atomic E-state index is -3.32. The highest BCUT2D eigenvalue weighted by Gasteiger charge is 2.30. The third-order valence-electron chi connectivity index (χ3n) is 3.55. The van der Waals surface area contributed by atoms with Crippen molar-refractivity contribution in [3.8, 4) is 6.07 Å². The van der Waals surface area contributed by atoms with Crippen LogP contribution in [-0.4, -0.2) is 50.3 Å². The van der Waals surface area contributed by atoms with Gasteiger partial charge in [0.2, 0.25) is 10.0 Å². The van der Waals surface area contributed by atoms with Crippen molar-refractivity contribution in [2.45, 2.75) is 26.1 Å². The minimum Gasteiger partial charge on any atom is -0.383 e. The Morgan fingerprint density at radius 1 is 1.39 bits per heavy atom. The Morgan fingerprint density at radius 2 is 2.04 bits per heavy atom. The van der Waals surface area contributed by atoms with Gasteiger partial charge in [0, 0.05) is 29.8 Å². The Labute approximate surface area is 145 Å². The van der Waals surface area contributed by atoms with E-state index in [1.165, 1.54) is 4.31 Å². The van der Waals surface area contributed by atoms with Gasteiger partial charge in [0.25, 0.3) is 0 Å². The van der Waals surface area contributed by atoms with Crippen LogP contribution in [0.4, 0.5) is 5.69 Å². The molecular formula is C15H20BrN3O3S. The molecule has 23 heavy (non-hydrogen) atoms. The first-order valence-corrected chi connectivity index (χ1v) is 9.79. The van der Waals surface area contributed by atoms with Crippen molar-refractivity contribution < 1.29 is 13.2 Å². The SMILES string of the molecule is CC1CN(S(=O)(=O)CCNc2ccc(C#N)cc2Br)CC(C)O1. The molecule has 2 rings (SSSR count). The van der Waals surface area contributed by atoms with E-state index >= 15 is 0 Å². The maximum atomic E-state index is 12.4. The Bertz CT molecular complexity index is 692. The number of rotatable bonds is 5. The molecule has 0 saturated carbocycles. The number of sulfonamides is 1. The Kier molecular flexibility index (Phi) is 6.03. The van der Waals surface area contributed by atoms with Gasteiger partial charge in [0.15, 0.2) is 0 Å². The Morgan fingerprint density at radius 3 is 2.61 bits per heavy atom. The van der Waals surface area contributed by atoms with Crippen LogP contribution in [0.1, 0.15) is 19.4 Å². The largest absolute Gasteiger partial charge is 0.383 e. The molecule has 0 aliphatic carbocycles. The fraction of sp³-hybridized carbons (Fsp3) is 0.533. The number of hydrogen-bond acceptors (Lipinski definition) is 5. The molecule has 0 aromatic heterocycles. The number of morpholine rings is 1. The van der Waals surface area contributed by atoms with Crippen LogP contribution in [0.15, 0.2) is 22.7 Å². The van der Waals surface area contributed by atoms with E-state index in [0.29, 0.717) is 25.2 Å². The molecule has 1 N–H and O–H groups in total. The molecule has 0 bridgehead atoms. The van der Waals surface area contributed by atoms with Crippen molar-refractivity contribution in [1.29, 1.82) is 5.26 Å². The van der Waals surface area contributed by atoms with Gasteiger partial charge in [0.05, 0.1) is 29.6 Å². The summed E-state index contributed by atoms with van der Waals surface area (Å²) in [5, 5.41) is 11.9. The minimum absolute atomic E-state index is 0.0128. The zero-order valence-corrected chi connectivity index (χ0v) is 15.5. The van der Waals surface area contributed by atoms with Crippen LogP contribution >= 0.6 is 15.9 Å². The van der Waals surface area contributed by atoms with Gasteiger partial charge >= 0.3 is 0 Å². The molecule has 126 valence electrons. The highest BCUT2D eigenvalue weighted by atomic mass is 79.9. The van der Waals surface area contributed by atoms with Crippen molar-refractivity contribution in [3.63, 3.8) is 0 Å². The number of halogens is 1. The van der Waals surface area contributed by atoms with E-state index < -0.39 is 10.0 Å². The molecule has 1 aromatic carbocycles. The highest BCUT2D eigenvalue weighted by Crippen LogP contribution is 2.23. The molecule has 1 aliphatic rings. The van der Waals surface area contributed by atoms with Crippen LogP contribution in [0.2, 0.25) is 0 Å². The second kappa shape index (κ2) is 7.62. The van der Waals surface area contributed by atoms with E-state index in [9.17, 15) is 8.42 Å². The average molecular weight is 402 g/mol. The van der Waals surface area contributed by atoms with Gasteiger partial charge in [-0.05, 0) is 48.0 Å². The summed E-state index contributed by atoms with van der Waals surface area (Å²) < 4.78 is 32.7. The fourth-order valence-corrected chi connectivity index (χ4v) is 4.54. The van der Waals surface area contributed by atoms with Gasteiger partial charge in [-0.15, -0.1) is 0 Å². The first-order valence-electron chi connectivity index (χ1n) is 7.38. The summed E-state index contributed by atoms with van der Waals surface area (Å²) in [6.07, 6.45) is -0.177. The maximum absolute atomic E-state index is 12.4. The van der Waals surface area contributed by atoms with Gasteiger partial charge < -0.3 is 10.1 Å². The molecule has 0 spiro atoms. The summed E-state index contributed by atoms with van der Waals surface area (Å²) in [6, 6.07) is 7.20. The van der Waals surface area contributed by atoms with E-state index in [-0.39, 0.29) is 18.0 Å². The van der Waals surface area contributed by atoms with E-state index in [4.69, 9.17) is 10.00 Å². The molecule has 8 heteroatoms. The number of nitrogens with one attached hydrogen (secondary N) is 1. The maximum Gasteiger partial charge on any atom is 0.216 e. The topological polar surface area (TPSA) is 82.4 Å². The highest BCUT2D eigenvalue weighted by molar-refractivity contribution is 9.10. The monoisotopic (exact) mass is 401 g/mol. The number of anilines is 1. The van der Waals surface area contributed by atoms with Gasteiger partial charge in [0.1, 0.15) is 0 Å². The van der Waals surface area contributed by atoms with Crippen molar-refractivity contribution in [3.05, 3.63) is 28.2 Å². The quantitative estimate of drug-likeness (QED) is 0.817. The smallest absolute Gasteiger partial charge is 0.216 e. The van der Waals surface area contributed by atoms with Gasteiger partial charge in [-0.1, -0.05) is 0 Å². The predicted molar refractivity (Wildman–Crippen MR) is 92.7 cm³/mol. The first kappa shape index (κ1) is 18.2. The van der Waals surface area contributed by atoms with Crippen LogP contribution in [0, 0.1) is 11.3 Å². The number of hydrogen-bond donors (Lipinski definition) is 1. The summed E-state index contributed by atoms with van der Waals surface area (Å²) in [5.74, 6) is 0.0128. The Hall–Kier alpha value is -1.14. The summed E-state index contributed by atoms with van der Waals surface area (Å²) in [4.78, 5) is 0. The zero-order chi connectivity index (χ0) is 17.0. The Balaban J connectivity index is 1.94. The summed E-state index contributed by atoms with van der Waals surface area (Å²) in [7, 11) is -3.32. The first-order chi connectivity index (χ1) is 10.8. The second-order valence-corrected chi connectivity index (χ2v) is 8.57. The van der Waals surface area contributed by atoms with Crippen molar-refractivity contribution in [2.24, 2.45) is 0 Å². The average Bonchev–Trinajstić information content (AvgIpc) is 2.47. The van der Waals surface area contributed by atoms with Crippen molar-refractivity contribution in [2.75, 3.05) is 30.7 Å². The van der Waals surface area contributed by atoms with Crippen molar-refractivity contribution in [1.82, 2.24) is 4.31 Å². The standard InChI is InChI=1S/C15H20BrN3O3S/c1-11-9-19(10-12(2)22-11)23(20,21)6-5-18-15-4-3-13(8-17)7-14(15)16/h3-4,7,11-12,18H,5-6,9-10H2,1-2H3. The zero-order valence-electron chi connectivity index (χ0n) is 13.1. The molecule has 0 amide bonds. The van der Waals surface area contributed by atoms with Crippen LogP contribution in [0.25, 0.3) is 0 Å². The summed E-state index contributed by atoms with van der Waals surface area (Å²) in [6.45, 7) is 4.85. The van der Waals surface area contributed by atoms with E-state index in [1.807, 2.05) is 13.8 Å². The van der Waals surface area contributed by atoms with Crippen LogP contribution < -0.4 is 5.32 Å². The molecule has 1 saturated heterocycles. The van der Waals surface area contributed by atoms with E-state index in [1.54, 1.807) is 18.2 Å². The third kappa shape index (κ3) is 4.91. The van der Waals surface area contributed by atoms with Gasteiger partial charge in [-0.2, -0.15) is 9.57 Å². The van der Waals surface area contributed by atoms with Crippen LogP contribution in [0.5, 0.6) is 0 Å². The summed E-state index contributed by atoms with van der Waals surface area (Å²) >= 11 is 3.37. The van der Waals surface area contributed by atoms with E-state index in [0.717, 1.165) is 10.2 Å². The third-order valence-corrected chi connectivity index (χ3v) is 6.01. The molecule has 1 heterocycles. The molecule has 1 fully saturated rings. The van der Waals surface area contributed by atoms with E-state index in [2.05, 4.69) is 27.3 Å². The molecule has 1 aliphatic heterocycles. The molecule has 2 atom stereocenters. The second-order valence-electron chi connectivity index (χ2n) is 5.62. The van der Waals surface area contributed by atoms with Gasteiger partial charge in [-0.25, -0.2) is 8.42 Å². The lowest BCUT2D eigenvalue weighted by Gasteiger charge is -2.34. The number of ether oxygens (including phenoxy) is 1. The number of nitriles is 1. The normalized spacial score (nSPS) is 22.5. The molecule has 2 unspecified atom stereocenters. The lowest BCUT2D eigenvalue weighted by atomic mass is 10.2. The lowest BCUT2D eigenvalue weighted by molar-refractivity contribution is -0.0440. The lowest BCUT2D eigenvalue weighted by Crippen LogP contribution is -2.49. The van der Waals surface area contributed by atoms with Crippen molar-refractivity contribution >= 4 is 31.6 Å². The number of nitrogens with zero attached hydrogens (tertiary/aromatic N) is 2. The predicted octanol–water partition coefficient (Wildman–Crippen LogP) is 2.17. The van der Waals surface area contributed by atoms with Crippen LogP contribution in [-0.2, 0) is 14.8 Å². The molecule has 1 aromatic rings. The molecule has 0 radical (unpaired) electrons. The molecule has 6 nitrogen and oxygen atoms in total. The van der Waals surface area contributed by atoms with Crippen LogP contribution in [0.3, 0.4) is 0 Å². The summed E-state index contributed by atoms with van der Waals surface area (Å²) in [5.41, 5.74) is 1.31.